The summed E-state index contributed by atoms with van der Waals surface area (Å²) in [6.07, 6.45) is -52.7. The fourth-order valence-corrected chi connectivity index (χ4v) is 8.70. The third-order valence-electron chi connectivity index (χ3n) is 10.9. The molecule has 0 aromatic heterocycles. The molecule has 7 atom stereocenters. The van der Waals surface area contributed by atoms with Gasteiger partial charge in [-0.25, -0.2) is 4.79 Å². The maximum absolute atomic E-state index is 14.1. The molecular formula is C32H33F21O8. The van der Waals surface area contributed by atoms with Gasteiger partial charge in [0.05, 0.1) is 12.4 Å². The summed E-state index contributed by atoms with van der Waals surface area (Å²) in [6, 6.07) is 0. The van der Waals surface area contributed by atoms with Crippen molar-refractivity contribution < 1.29 is 130 Å². The lowest BCUT2D eigenvalue weighted by molar-refractivity contribution is -0.427. The molecule has 0 spiro atoms. The molecule has 356 valence electrons. The fourth-order valence-electron chi connectivity index (χ4n) is 8.70. The van der Waals surface area contributed by atoms with E-state index in [0.29, 0.717) is 14.2 Å². The van der Waals surface area contributed by atoms with E-state index in [4.69, 9.17) is 4.74 Å². The first-order chi connectivity index (χ1) is 27.4. The number of esters is 1. The zero-order chi connectivity index (χ0) is 47.4. The van der Waals surface area contributed by atoms with Gasteiger partial charge in [0.1, 0.15) is 31.4 Å². The molecule has 0 amide bonds. The highest BCUT2D eigenvalue weighted by Gasteiger charge is 2.86. The third kappa shape index (κ3) is 9.22. The predicted molar refractivity (Wildman–Crippen MR) is 156 cm³/mol. The van der Waals surface area contributed by atoms with Crippen molar-refractivity contribution in [1.29, 1.82) is 0 Å². The summed E-state index contributed by atoms with van der Waals surface area (Å²) >= 11 is 0. The van der Waals surface area contributed by atoms with E-state index in [1.54, 1.807) is 0 Å². The van der Waals surface area contributed by atoms with Crippen LogP contribution in [0.3, 0.4) is 0 Å². The highest BCUT2D eigenvalue weighted by atomic mass is 19.4. The van der Waals surface area contributed by atoms with Gasteiger partial charge in [-0.2, -0.15) is 92.2 Å². The van der Waals surface area contributed by atoms with E-state index in [0.717, 1.165) is 6.26 Å². The number of methoxy groups -OCH3 is 2. The van der Waals surface area contributed by atoms with Crippen LogP contribution in [0.15, 0.2) is 25.0 Å². The van der Waals surface area contributed by atoms with E-state index in [1.807, 2.05) is 0 Å². The number of alkyl halides is 21. The molecule has 8 nitrogen and oxygen atoms in total. The maximum atomic E-state index is 14.1. The summed E-state index contributed by atoms with van der Waals surface area (Å²) in [4.78, 5) is 11.9. The number of carbonyl (C=O) groups is 1. The van der Waals surface area contributed by atoms with Crippen LogP contribution in [0.25, 0.3) is 0 Å². The van der Waals surface area contributed by atoms with Crippen molar-refractivity contribution >= 4 is 5.97 Å². The summed E-state index contributed by atoms with van der Waals surface area (Å²) in [5.74, 6) is -12.4. The van der Waals surface area contributed by atoms with E-state index in [9.17, 15) is 97.0 Å². The monoisotopic (exact) mass is 944 g/mol. The maximum Gasteiger partial charge on any atom is 0.426 e. The molecule has 0 aromatic rings. The lowest BCUT2D eigenvalue weighted by atomic mass is 9.65. The Balaban J connectivity index is 0.000000407. The van der Waals surface area contributed by atoms with Gasteiger partial charge in [-0.05, 0) is 43.9 Å². The largest absolute Gasteiger partial charge is 0.498 e. The van der Waals surface area contributed by atoms with Gasteiger partial charge in [0.25, 0.3) is 16.8 Å². The summed E-state index contributed by atoms with van der Waals surface area (Å²) in [5.41, 5.74) is -17.6. The van der Waals surface area contributed by atoms with Crippen LogP contribution in [0.5, 0.6) is 0 Å². The van der Waals surface area contributed by atoms with Crippen molar-refractivity contribution in [2.75, 3.05) is 27.8 Å². The van der Waals surface area contributed by atoms with Crippen LogP contribution in [0.2, 0.25) is 0 Å². The van der Waals surface area contributed by atoms with E-state index in [-0.39, 0.29) is 18.8 Å². The van der Waals surface area contributed by atoms with Gasteiger partial charge in [0, 0.05) is 32.0 Å². The molecule has 4 rings (SSSR count). The molecule has 4 aliphatic rings. The summed E-state index contributed by atoms with van der Waals surface area (Å²) < 4.78 is 316. The van der Waals surface area contributed by atoms with E-state index in [2.05, 4.69) is 41.6 Å². The van der Waals surface area contributed by atoms with Gasteiger partial charge in [0.2, 0.25) is 0 Å². The SMILES string of the molecule is C=C(C(=O)OC1CC(C(OCOC)(C(F)(F)F)C(F)(F)F)CC(C(OCOC)(C(F)(F)F)C(F)(F)F)C1)C(F)(F)F.C=COC1C2CC3OC(C(F)(F)F)(C(F)(F)F)C1C3C2. The molecule has 0 aromatic carbocycles. The normalized spacial score (nSPS) is 28.6. The number of rotatable bonds is 12. The molecule has 3 saturated carbocycles. The van der Waals surface area contributed by atoms with E-state index in [1.165, 1.54) is 0 Å². The first-order valence-electron chi connectivity index (χ1n) is 16.9. The second-order valence-electron chi connectivity index (χ2n) is 14.2. The second-order valence-corrected chi connectivity index (χ2v) is 14.2. The quantitative estimate of drug-likeness (QED) is 0.0630. The molecule has 1 saturated heterocycles. The number of carbonyl (C=O) groups excluding carboxylic acids is 1. The minimum atomic E-state index is -6.62. The molecular weight excluding hydrogens is 911 g/mol. The van der Waals surface area contributed by atoms with Crippen molar-refractivity contribution in [3.05, 3.63) is 25.0 Å². The van der Waals surface area contributed by atoms with Crippen LogP contribution >= 0.6 is 0 Å². The average Bonchev–Trinajstić information content (AvgIpc) is 3.69. The Bertz CT molecular complexity index is 1450. The Hall–Kier alpha value is -2.92. The average molecular weight is 945 g/mol. The molecule has 29 heteroatoms. The topological polar surface area (TPSA) is 81.7 Å². The summed E-state index contributed by atoms with van der Waals surface area (Å²) in [6.45, 7) is 1.80. The highest BCUT2D eigenvalue weighted by Crippen LogP contribution is 2.68. The first kappa shape index (κ1) is 52.4. The Morgan fingerprint density at radius 1 is 0.656 bits per heavy atom. The van der Waals surface area contributed by atoms with Crippen molar-refractivity contribution in [3.8, 4) is 0 Å². The first-order valence-corrected chi connectivity index (χ1v) is 16.9. The Morgan fingerprint density at radius 3 is 1.39 bits per heavy atom. The number of fused-ring (bicyclic) bond motifs is 1. The molecule has 3 aliphatic carbocycles. The van der Waals surface area contributed by atoms with Gasteiger partial charge < -0.3 is 33.2 Å². The van der Waals surface area contributed by atoms with Gasteiger partial charge in [0.15, 0.2) is 0 Å². The van der Waals surface area contributed by atoms with Crippen molar-refractivity contribution in [1.82, 2.24) is 0 Å². The smallest absolute Gasteiger partial charge is 0.426 e. The lowest BCUT2D eigenvalue weighted by Crippen LogP contribution is -2.69. The van der Waals surface area contributed by atoms with E-state index < -0.39 is 146 Å². The fraction of sp³-hybridized carbons (Fsp3) is 0.844. The number of hydrogen-bond donors (Lipinski definition) is 0. The number of ether oxygens (including phenoxy) is 7. The Morgan fingerprint density at radius 2 is 1.07 bits per heavy atom. The van der Waals surface area contributed by atoms with Crippen LogP contribution in [-0.2, 0) is 38.0 Å². The van der Waals surface area contributed by atoms with Crippen LogP contribution in [0.1, 0.15) is 32.1 Å². The number of hydrogen-bond acceptors (Lipinski definition) is 8. The van der Waals surface area contributed by atoms with Crippen molar-refractivity contribution in [2.24, 2.45) is 29.6 Å². The molecule has 7 unspecified atom stereocenters. The highest BCUT2D eigenvalue weighted by molar-refractivity contribution is 5.89. The Kier molecular flexibility index (Phi) is 14.8. The van der Waals surface area contributed by atoms with Crippen LogP contribution < -0.4 is 0 Å². The Labute approximate surface area is 329 Å². The van der Waals surface area contributed by atoms with Gasteiger partial charge in [-0.1, -0.05) is 13.2 Å². The van der Waals surface area contributed by atoms with Crippen molar-refractivity contribution in [3.63, 3.8) is 0 Å². The van der Waals surface area contributed by atoms with Crippen LogP contribution in [0, 0.1) is 29.6 Å². The van der Waals surface area contributed by atoms with Gasteiger partial charge in [-0.15, -0.1) is 0 Å². The van der Waals surface area contributed by atoms with Crippen LogP contribution in [0.4, 0.5) is 92.2 Å². The zero-order valence-corrected chi connectivity index (χ0v) is 30.8. The summed E-state index contributed by atoms with van der Waals surface area (Å²) in [7, 11) is 1.07. The van der Waals surface area contributed by atoms with Gasteiger partial charge >= 0.3 is 49.2 Å². The second kappa shape index (κ2) is 17.2. The minimum absolute atomic E-state index is 0.174. The zero-order valence-electron chi connectivity index (χ0n) is 30.8. The molecule has 0 radical (unpaired) electrons. The molecule has 4 fully saturated rings. The minimum Gasteiger partial charge on any atom is -0.498 e. The van der Waals surface area contributed by atoms with Crippen LogP contribution in [-0.4, -0.2) is 112 Å². The van der Waals surface area contributed by atoms with E-state index >= 15 is 0 Å². The molecule has 1 heterocycles. The molecule has 2 bridgehead atoms. The van der Waals surface area contributed by atoms with Crippen molar-refractivity contribution in [2.45, 2.75) is 110 Å². The van der Waals surface area contributed by atoms with Gasteiger partial charge in [-0.3, -0.25) is 0 Å². The lowest BCUT2D eigenvalue weighted by Gasteiger charge is -2.50. The standard InChI is InChI=1S/C20H21F15O6.C12H12F6O2/c1-9(16(21,22)23)13(36)41-12-5-10(14(17(24,25)26,18(27,28)29)39-7-37-2)4-11(6-12)15(19(30,31)32,20(33,34)35)40-8-38-3;1-2-19-9-5-3-6-7(4-5)20-10(8(6)9,11(13,14)15)12(16,17)18/h10-12H,1,4-8H2,2-3H3;2,5-9H,1,3-4H2. The third-order valence-corrected chi connectivity index (χ3v) is 10.9. The molecule has 61 heavy (non-hydrogen) atoms. The molecule has 1 aliphatic heterocycles. The summed E-state index contributed by atoms with van der Waals surface area (Å²) in [5, 5.41) is 0. The predicted octanol–water partition coefficient (Wildman–Crippen LogP) is 9.83. The number of halogens is 21. The molecule has 0 N–H and O–H groups in total.